The van der Waals surface area contributed by atoms with Gasteiger partial charge in [-0.25, -0.2) is 0 Å². The summed E-state index contributed by atoms with van der Waals surface area (Å²) in [7, 11) is 0. The molecule has 2 aromatic carbocycles. The molecule has 1 aliphatic heterocycles. The standard InChI is InChI=1S/C32H32N2O/c35-32(14-12-25-9-5-2-6-10-25)31-23-28(22-30(31)26-15-18-33-19-16-26)27-17-20-34-29(21-27)13-11-24-7-3-1-4-8-24/h1-11,13,17,20-21,23,26,33H,12,14-16,18-19,22H2/b13-11+. The predicted octanol–water partition coefficient (Wildman–Crippen LogP) is 6.54. The zero-order chi connectivity index (χ0) is 23.9. The van der Waals surface area contributed by atoms with E-state index in [1.165, 1.54) is 16.7 Å². The van der Waals surface area contributed by atoms with Gasteiger partial charge in [-0.15, -0.1) is 0 Å². The molecule has 3 nitrogen and oxygen atoms in total. The summed E-state index contributed by atoms with van der Waals surface area (Å²) < 4.78 is 0. The Balaban J connectivity index is 1.37. The summed E-state index contributed by atoms with van der Waals surface area (Å²) in [6, 6.07) is 24.8. The van der Waals surface area contributed by atoms with Crippen LogP contribution in [0.2, 0.25) is 0 Å². The summed E-state index contributed by atoms with van der Waals surface area (Å²) in [5, 5.41) is 3.47. The number of hydrogen-bond donors (Lipinski definition) is 1. The average Bonchev–Trinajstić information content (AvgIpc) is 3.38. The van der Waals surface area contributed by atoms with Gasteiger partial charge >= 0.3 is 0 Å². The number of hydrogen-bond acceptors (Lipinski definition) is 3. The molecule has 5 rings (SSSR count). The zero-order valence-corrected chi connectivity index (χ0v) is 20.1. The van der Waals surface area contributed by atoms with Crippen molar-refractivity contribution in [3.8, 4) is 0 Å². The molecule has 1 aliphatic carbocycles. The summed E-state index contributed by atoms with van der Waals surface area (Å²) in [6.07, 6.45) is 12.6. The molecule has 0 radical (unpaired) electrons. The number of benzene rings is 2. The fourth-order valence-electron chi connectivity index (χ4n) is 5.12. The molecule has 1 saturated heterocycles. The van der Waals surface area contributed by atoms with E-state index in [0.29, 0.717) is 12.3 Å². The molecule has 1 fully saturated rings. The molecular weight excluding hydrogens is 428 g/mol. The molecule has 0 amide bonds. The van der Waals surface area contributed by atoms with Crippen LogP contribution in [0, 0.1) is 5.92 Å². The molecule has 0 spiro atoms. The highest BCUT2D eigenvalue weighted by Crippen LogP contribution is 2.40. The summed E-state index contributed by atoms with van der Waals surface area (Å²) in [6.45, 7) is 2.05. The number of ketones is 1. The highest BCUT2D eigenvalue weighted by molar-refractivity contribution is 6.03. The van der Waals surface area contributed by atoms with E-state index in [4.69, 9.17) is 0 Å². The Hall–Kier alpha value is -3.56. The Morgan fingerprint density at radius 3 is 2.46 bits per heavy atom. The maximum Gasteiger partial charge on any atom is 0.163 e. The summed E-state index contributed by atoms with van der Waals surface area (Å²) >= 11 is 0. The van der Waals surface area contributed by atoms with Crippen molar-refractivity contribution in [3.05, 3.63) is 119 Å². The molecule has 1 N–H and O–H groups in total. The van der Waals surface area contributed by atoms with Gasteiger partial charge in [-0.2, -0.15) is 0 Å². The minimum Gasteiger partial charge on any atom is -0.317 e. The third-order valence-corrected chi connectivity index (χ3v) is 7.06. The maximum absolute atomic E-state index is 13.4. The molecule has 0 bridgehead atoms. The van der Waals surface area contributed by atoms with Crippen LogP contribution >= 0.6 is 0 Å². The van der Waals surface area contributed by atoms with Crippen molar-refractivity contribution in [2.75, 3.05) is 13.1 Å². The molecule has 176 valence electrons. The summed E-state index contributed by atoms with van der Waals surface area (Å²) in [5.41, 5.74) is 8.00. The lowest BCUT2D eigenvalue weighted by Crippen LogP contribution is -2.29. The van der Waals surface area contributed by atoms with Crippen molar-refractivity contribution in [1.29, 1.82) is 0 Å². The molecule has 2 heterocycles. The van der Waals surface area contributed by atoms with E-state index in [1.54, 1.807) is 0 Å². The van der Waals surface area contributed by atoms with E-state index >= 15 is 0 Å². The number of nitrogens with one attached hydrogen (secondary N) is 1. The lowest BCUT2D eigenvalue weighted by molar-refractivity contribution is -0.115. The van der Waals surface area contributed by atoms with Crippen LogP contribution in [0.3, 0.4) is 0 Å². The first kappa shape index (κ1) is 23.2. The highest BCUT2D eigenvalue weighted by atomic mass is 16.1. The molecular formula is C32H32N2O. The van der Waals surface area contributed by atoms with Gasteiger partial charge in [-0.1, -0.05) is 72.3 Å². The molecule has 3 aromatic rings. The van der Waals surface area contributed by atoms with Crippen molar-refractivity contribution < 1.29 is 4.79 Å². The highest BCUT2D eigenvalue weighted by Gasteiger charge is 2.28. The van der Waals surface area contributed by atoms with Crippen molar-refractivity contribution >= 4 is 23.5 Å². The SMILES string of the molecule is O=C(CCc1ccccc1)C1=C(C2CCNCC2)CC(c2ccnc(/C=C/c3ccccc3)c2)=C1. The Morgan fingerprint density at radius 1 is 0.943 bits per heavy atom. The van der Waals surface area contributed by atoms with Gasteiger partial charge in [0.05, 0.1) is 5.69 Å². The lowest BCUT2D eigenvalue weighted by Gasteiger charge is -2.25. The first-order valence-electron chi connectivity index (χ1n) is 12.7. The van der Waals surface area contributed by atoms with Gasteiger partial charge in [-0.3, -0.25) is 9.78 Å². The Bertz CT molecular complexity index is 1250. The van der Waals surface area contributed by atoms with Crippen LogP contribution in [0.25, 0.3) is 17.7 Å². The van der Waals surface area contributed by atoms with Gasteiger partial charge in [0, 0.05) is 18.2 Å². The largest absolute Gasteiger partial charge is 0.317 e. The molecule has 0 atom stereocenters. The maximum atomic E-state index is 13.4. The van der Waals surface area contributed by atoms with Crippen LogP contribution < -0.4 is 5.32 Å². The fourth-order valence-corrected chi connectivity index (χ4v) is 5.12. The first-order valence-corrected chi connectivity index (χ1v) is 12.7. The second-order valence-corrected chi connectivity index (χ2v) is 9.43. The third-order valence-electron chi connectivity index (χ3n) is 7.06. The van der Waals surface area contributed by atoms with Gasteiger partial charge in [-0.05, 0) is 91.2 Å². The number of carbonyl (C=O) groups is 1. The Labute approximate surface area is 208 Å². The van der Waals surface area contributed by atoms with Gasteiger partial charge in [0.15, 0.2) is 5.78 Å². The molecule has 0 unspecified atom stereocenters. The van der Waals surface area contributed by atoms with Crippen molar-refractivity contribution in [1.82, 2.24) is 10.3 Å². The zero-order valence-electron chi connectivity index (χ0n) is 20.1. The summed E-state index contributed by atoms with van der Waals surface area (Å²) in [5.74, 6) is 0.760. The van der Waals surface area contributed by atoms with E-state index in [9.17, 15) is 4.79 Å². The minimum atomic E-state index is 0.274. The van der Waals surface area contributed by atoms with Gasteiger partial charge in [0.2, 0.25) is 0 Å². The Morgan fingerprint density at radius 2 is 1.69 bits per heavy atom. The van der Waals surface area contributed by atoms with E-state index in [0.717, 1.165) is 61.2 Å². The number of Topliss-reactive ketones (excluding diaryl/α,β-unsaturated/α-hetero) is 1. The smallest absolute Gasteiger partial charge is 0.163 e. The summed E-state index contributed by atoms with van der Waals surface area (Å²) in [4.78, 5) is 18.0. The van der Waals surface area contributed by atoms with Crippen LogP contribution in [-0.4, -0.2) is 23.9 Å². The van der Waals surface area contributed by atoms with Crippen LogP contribution in [0.1, 0.15) is 48.1 Å². The Kier molecular flexibility index (Phi) is 7.45. The van der Waals surface area contributed by atoms with Gasteiger partial charge < -0.3 is 5.32 Å². The number of carbonyl (C=O) groups excluding carboxylic acids is 1. The van der Waals surface area contributed by atoms with E-state index in [1.807, 2.05) is 42.6 Å². The third kappa shape index (κ3) is 5.93. The second-order valence-electron chi connectivity index (χ2n) is 9.43. The van der Waals surface area contributed by atoms with Gasteiger partial charge in [0.1, 0.15) is 0 Å². The monoisotopic (exact) mass is 460 g/mol. The first-order chi connectivity index (χ1) is 17.3. The number of nitrogens with zero attached hydrogens (tertiary/aromatic N) is 1. The fraction of sp³-hybridized carbons (Fsp3) is 0.250. The lowest BCUT2D eigenvalue weighted by atomic mass is 9.85. The number of pyridine rings is 1. The van der Waals surface area contributed by atoms with Crippen LogP contribution in [0.15, 0.2) is 96.2 Å². The predicted molar refractivity (Wildman–Crippen MR) is 145 cm³/mol. The number of aryl methyl sites for hydroxylation is 1. The second kappa shape index (κ2) is 11.2. The molecule has 35 heavy (non-hydrogen) atoms. The van der Waals surface area contributed by atoms with E-state index < -0.39 is 0 Å². The van der Waals surface area contributed by atoms with Crippen molar-refractivity contribution in [3.63, 3.8) is 0 Å². The van der Waals surface area contributed by atoms with Gasteiger partial charge in [0.25, 0.3) is 0 Å². The number of piperidine rings is 1. The average molecular weight is 461 g/mol. The molecule has 3 heteroatoms. The molecule has 0 saturated carbocycles. The van der Waals surface area contributed by atoms with Crippen LogP contribution in [0.4, 0.5) is 0 Å². The van der Waals surface area contributed by atoms with Crippen LogP contribution in [-0.2, 0) is 11.2 Å². The number of rotatable bonds is 8. The van der Waals surface area contributed by atoms with E-state index in [2.05, 4.69) is 64.9 Å². The molecule has 1 aromatic heterocycles. The quantitative estimate of drug-likeness (QED) is 0.415. The van der Waals surface area contributed by atoms with Crippen molar-refractivity contribution in [2.45, 2.75) is 32.1 Å². The number of aromatic nitrogens is 1. The molecule has 2 aliphatic rings. The van der Waals surface area contributed by atoms with Crippen molar-refractivity contribution in [2.24, 2.45) is 5.92 Å². The topological polar surface area (TPSA) is 42.0 Å². The minimum absolute atomic E-state index is 0.274. The number of allylic oxidation sites excluding steroid dienone is 4. The van der Waals surface area contributed by atoms with E-state index in [-0.39, 0.29) is 5.78 Å². The normalized spacial score (nSPS) is 16.6. The van der Waals surface area contributed by atoms with Crippen LogP contribution in [0.5, 0.6) is 0 Å².